The van der Waals surface area contributed by atoms with Crippen molar-refractivity contribution in [3.8, 4) is 0 Å². The van der Waals surface area contributed by atoms with Crippen LogP contribution in [0.25, 0.3) is 0 Å². The molecule has 0 aliphatic carbocycles. The first-order chi connectivity index (χ1) is 8.73. The number of nitrogens with two attached hydrogens (primary N) is 1. The Morgan fingerprint density at radius 1 is 1.37 bits per heavy atom. The quantitative estimate of drug-likeness (QED) is 0.680. The van der Waals surface area contributed by atoms with Gasteiger partial charge in [-0.1, -0.05) is 12.1 Å². The summed E-state index contributed by atoms with van der Waals surface area (Å²) in [6.45, 7) is 2.34. The highest BCUT2D eigenvalue weighted by molar-refractivity contribution is 5.78. The Labute approximate surface area is 107 Å². The third-order valence-corrected chi connectivity index (χ3v) is 2.58. The van der Waals surface area contributed by atoms with E-state index in [9.17, 15) is 22.4 Å². The number of hydrogen-bond acceptors (Lipinski definition) is 3. The molecule has 0 unspecified atom stereocenters. The molecule has 0 aromatic heterocycles. The fourth-order valence-corrected chi connectivity index (χ4v) is 1.45. The third-order valence-electron chi connectivity index (χ3n) is 2.58. The zero-order chi connectivity index (χ0) is 14.8. The average Bonchev–Trinajstić information content (AvgIpc) is 2.35. The van der Waals surface area contributed by atoms with Gasteiger partial charge in [0.2, 0.25) is 0 Å². The van der Waals surface area contributed by atoms with Crippen LogP contribution in [-0.2, 0) is 9.53 Å². The summed E-state index contributed by atoms with van der Waals surface area (Å²) in [6, 6.07) is -0.290. The highest BCUT2D eigenvalue weighted by Crippen LogP contribution is 2.33. The van der Waals surface area contributed by atoms with E-state index in [0.29, 0.717) is 0 Å². The van der Waals surface area contributed by atoms with Crippen LogP contribution in [0.3, 0.4) is 0 Å². The number of esters is 1. The third kappa shape index (κ3) is 2.86. The van der Waals surface area contributed by atoms with Gasteiger partial charge >= 0.3 is 11.9 Å². The minimum atomic E-state index is -4.14. The van der Waals surface area contributed by atoms with Crippen molar-refractivity contribution in [2.75, 3.05) is 6.61 Å². The van der Waals surface area contributed by atoms with Gasteiger partial charge in [0.15, 0.2) is 11.6 Å². The molecular weight excluding hydrogens is 266 g/mol. The molecule has 106 valence electrons. The lowest BCUT2D eigenvalue weighted by molar-refractivity contribution is -0.174. The predicted octanol–water partition coefficient (Wildman–Crippen LogP) is 2.47. The second-order valence-electron chi connectivity index (χ2n) is 3.92. The van der Waals surface area contributed by atoms with Crippen LogP contribution < -0.4 is 5.73 Å². The summed E-state index contributed by atoms with van der Waals surface area (Å²) in [6.07, 6.45) is 0. The Bertz CT molecular complexity index is 491. The van der Waals surface area contributed by atoms with Gasteiger partial charge in [-0.15, -0.1) is 0 Å². The average molecular weight is 279 g/mol. The van der Waals surface area contributed by atoms with E-state index < -0.39 is 35.1 Å². The lowest BCUT2D eigenvalue weighted by atomic mass is 9.99. The number of aryl methyl sites for hydroxylation is 1. The summed E-state index contributed by atoms with van der Waals surface area (Å²) in [4.78, 5) is 11.1. The number of hydrogen-bond donors (Lipinski definition) is 1. The maximum absolute atomic E-state index is 13.6. The molecule has 0 amide bonds. The Hall–Kier alpha value is -1.63. The molecule has 0 fully saturated rings. The van der Waals surface area contributed by atoms with Crippen molar-refractivity contribution in [1.82, 2.24) is 0 Å². The molecule has 0 saturated heterocycles. The zero-order valence-corrected chi connectivity index (χ0v) is 10.3. The lowest BCUT2D eigenvalue weighted by Gasteiger charge is -2.22. The first-order valence-corrected chi connectivity index (χ1v) is 5.48. The Kier molecular flexibility index (Phi) is 4.52. The molecule has 1 rings (SSSR count). The summed E-state index contributed by atoms with van der Waals surface area (Å²) < 4.78 is 58.2. The minimum Gasteiger partial charge on any atom is -0.462 e. The van der Waals surface area contributed by atoms with E-state index in [1.54, 1.807) is 0 Å². The molecule has 19 heavy (non-hydrogen) atoms. The van der Waals surface area contributed by atoms with Crippen LogP contribution in [0.4, 0.5) is 17.6 Å². The smallest absolute Gasteiger partial charge is 0.379 e. The van der Waals surface area contributed by atoms with Crippen LogP contribution in [0.2, 0.25) is 0 Å². The molecule has 2 N–H and O–H groups in total. The van der Waals surface area contributed by atoms with E-state index >= 15 is 0 Å². The van der Waals surface area contributed by atoms with Gasteiger partial charge in [-0.05, 0) is 19.4 Å². The second kappa shape index (κ2) is 5.56. The molecule has 0 saturated carbocycles. The Morgan fingerprint density at radius 3 is 2.47 bits per heavy atom. The summed E-state index contributed by atoms with van der Waals surface area (Å²) in [5, 5.41) is 0. The van der Waals surface area contributed by atoms with Gasteiger partial charge in [0.25, 0.3) is 0 Å². The maximum Gasteiger partial charge on any atom is 0.379 e. The molecule has 0 aliphatic heterocycles. The van der Waals surface area contributed by atoms with Crippen LogP contribution in [0.1, 0.15) is 24.1 Å². The van der Waals surface area contributed by atoms with Gasteiger partial charge < -0.3 is 10.5 Å². The molecule has 0 aliphatic rings. The molecule has 1 aromatic carbocycles. The second-order valence-corrected chi connectivity index (χ2v) is 3.92. The molecule has 0 radical (unpaired) electrons. The normalized spacial score (nSPS) is 13.2. The van der Waals surface area contributed by atoms with Gasteiger partial charge in [0, 0.05) is 5.56 Å². The lowest BCUT2D eigenvalue weighted by Crippen LogP contribution is -2.42. The van der Waals surface area contributed by atoms with E-state index in [-0.39, 0.29) is 12.2 Å². The van der Waals surface area contributed by atoms with Crippen molar-refractivity contribution in [1.29, 1.82) is 0 Å². The van der Waals surface area contributed by atoms with Crippen molar-refractivity contribution in [2.45, 2.75) is 25.8 Å². The largest absolute Gasteiger partial charge is 0.462 e. The number of carbonyl (C=O) groups excluding carboxylic acids is 1. The van der Waals surface area contributed by atoms with E-state index in [4.69, 9.17) is 5.73 Å². The van der Waals surface area contributed by atoms with Gasteiger partial charge in [-0.25, -0.2) is 13.6 Å². The highest BCUT2D eigenvalue weighted by atomic mass is 19.3. The SMILES string of the molecule is CCOC(=O)C(F)(F)[C@@H](N)c1ccc(C)c(F)c1F. The molecule has 0 bridgehead atoms. The number of benzene rings is 1. The van der Waals surface area contributed by atoms with Crippen LogP contribution in [0.15, 0.2) is 12.1 Å². The molecule has 0 spiro atoms. The molecule has 1 atom stereocenters. The van der Waals surface area contributed by atoms with Crippen molar-refractivity contribution >= 4 is 5.97 Å². The first-order valence-electron chi connectivity index (χ1n) is 5.48. The number of rotatable bonds is 4. The maximum atomic E-state index is 13.6. The first kappa shape index (κ1) is 15.4. The van der Waals surface area contributed by atoms with Crippen LogP contribution in [-0.4, -0.2) is 18.5 Å². The summed E-state index contributed by atoms with van der Waals surface area (Å²) in [7, 11) is 0. The van der Waals surface area contributed by atoms with E-state index in [2.05, 4.69) is 4.74 Å². The van der Waals surface area contributed by atoms with Crippen LogP contribution >= 0.6 is 0 Å². The molecule has 0 heterocycles. The molecule has 1 aromatic rings. The molecular formula is C12H13F4NO2. The van der Waals surface area contributed by atoms with Crippen molar-refractivity contribution in [3.63, 3.8) is 0 Å². The van der Waals surface area contributed by atoms with Gasteiger partial charge in [-0.2, -0.15) is 8.78 Å². The number of ether oxygens (including phenoxy) is 1. The van der Waals surface area contributed by atoms with E-state index in [1.807, 2.05) is 0 Å². The van der Waals surface area contributed by atoms with Crippen LogP contribution in [0, 0.1) is 18.6 Å². The number of halogens is 4. The van der Waals surface area contributed by atoms with Gasteiger partial charge in [-0.3, -0.25) is 0 Å². The summed E-state index contributed by atoms with van der Waals surface area (Å²) >= 11 is 0. The number of carbonyl (C=O) groups is 1. The topological polar surface area (TPSA) is 52.3 Å². The highest BCUT2D eigenvalue weighted by Gasteiger charge is 2.48. The van der Waals surface area contributed by atoms with Gasteiger partial charge in [0.05, 0.1) is 6.61 Å². The Morgan fingerprint density at radius 2 is 1.95 bits per heavy atom. The van der Waals surface area contributed by atoms with Crippen molar-refractivity contribution < 1.29 is 27.1 Å². The van der Waals surface area contributed by atoms with Crippen LogP contribution in [0.5, 0.6) is 0 Å². The Balaban J connectivity index is 3.16. The van der Waals surface area contributed by atoms with E-state index in [0.717, 1.165) is 12.1 Å². The van der Waals surface area contributed by atoms with E-state index in [1.165, 1.54) is 13.8 Å². The molecule has 3 nitrogen and oxygen atoms in total. The van der Waals surface area contributed by atoms with Crippen molar-refractivity contribution in [2.24, 2.45) is 5.73 Å². The number of alkyl halides is 2. The van der Waals surface area contributed by atoms with Gasteiger partial charge in [0.1, 0.15) is 6.04 Å². The zero-order valence-electron chi connectivity index (χ0n) is 10.3. The monoisotopic (exact) mass is 279 g/mol. The standard InChI is InChI=1S/C12H13F4NO2/c1-3-19-11(18)12(15,16)10(17)7-5-4-6(2)8(13)9(7)14/h4-5,10H,3,17H2,1-2H3/t10-/m0/s1. The fourth-order valence-electron chi connectivity index (χ4n) is 1.45. The van der Waals surface area contributed by atoms with Crippen molar-refractivity contribution in [3.05, 3.63) is 34.9 Å². The molecule has 7 heteroatoms. The minimum absolute atomic E-state index is 0.0482. The predicted molar refractivity (Wildman–Crippen MR) is 59.6 cm³/mol. The fraction of sp³-hybridized carbons (Fsp3) is 0.417. The summed E-state index contributed by atoms with van der Waals surface area (Å²) in [5.41, 5.74) is 4.34. The summed E-state index contributed by atoms with van der Waals surface area (Å²) in [5.74, 6) is -8.77.